The van der Waals surface area contributed by atoms with Gasteiger partial charge in [0.05, 0.1) is 19.3 Å². The number of carbonyl (C=O) groups is 1. The zero-order valence-corrected chi connectivity index (χ0v) is 16.0. The minimum absolute atomic E-state index is 0.431. The molecule has 26 heavy (non-hydrogen) atoms. The lowest BCUT2D eigenvalue weighted by Gasteiger charge is -2.11. The van der Waals surface area contributed by atoms with Crippen LogP contribution in [0.3, 0.4) is 0 Å². The Balaban J connectivity index is 1.78. The maximum atomic E-state index is 12.1. The second kappa shape index (κ2) is 9.37. The molecule has 140 valence electrons. The Bertz CT molecular complexity index is 691. The number of ether oxygens (including phenoxy) is 3. The summed E-state index contributed by atoms with van der Waals surface area (Å²) < 4.78 is 16.0. The van der Waals surface area contributed by atoms with E-state index in [4.69, 9.17) is 14.2 Å². The van der Waals surface area contributed by atoms with Crippen LogP contribution in [0.1, 0.15) is 23.2 Å². The average molecular weight is 376 g/mol. The van der Waals surface area contributed by atoms with Gasteiger partial charge in [-0.2, -0.15) is 0 Å². The molecule has 0 heterocycles. The van der Waals surface area contributed by atoms with E-state index >= 15 is 0 Å². The number of hydrogen-bond donors (Lipinski definition) is 2. The van der Waals surface area contributed by atoms with Gasteiger partial charge in [0.2, 0.25) is 0 Å². The Hall–Kier alpha value is -2.35. The molecule has 7 heteroatoms. The third-order valence-corrected chi connectivity index (χ3v) is 4.97. The molecule has 0 bridgehead atoms. The van der Waals surface area contributed by atoms with Crippen molar-refractivity contribution in [3.8, 4) is 17.2 Å². The van der Waals surface area contributed by atoms with E-state index in [9.17, 15) is 14.4 Å². The Morgan fingerprint density at radius 1 is 0.923 bits per heavy atom. The number of unbranched alkanes of at least 4 members (excludes halogenated alkanes) is 1. The van der Waals surface area contributed by atoms with Gasteiger partial charge in [-0.05, 0) is 74.0 Å². The molecule has 0 aliphatic heterocycles. The summed E-state index contributed by atoms with van der Waals surface area (Å²) in [5.74, 6) is 1.33. The minimum Gasteiger partial charge on any atom is -0.497 e. The summed E-state index contributed by atoms with van der Waals surface area (Å²) in [5, 5.41) is 0. The van der Waals surface area contributed by atoms with Crippen LogP contribution < -0.4 is 14.2 Å². The first-order chi connectivity index (χ1) is 12.4. The highest BCUT2D eigenvalue weighted by atomic mass is 28.4. The zero-order valence-electron chi connectivity index (χ0n) is 15.0. The van der Waals surface area contributed by atoms with E-state index in [0.717, 1.165) is 6.42 Å². The first-order valence-corrected chi connectivity index (χ1v) is 11.0. The van der Waals surface area contributed by atoms with Gasteiger partial charge in [0.25, 0.3) is 0 Å². The quantitative estimate of drug-likeness (QED) is 0.303. The summed E-state index contributed by atoms with van der Waals surface area (Å²) in [6, 6.07) is 13.9. The molecule has 0 unspecified atom stereocenters. The summed E-state index contributed by atoms with van der Waals surface area (Å²) in [4.78, 5) is 30.8. The van der Waals surface area contributed by atoms with Crippen LogP contribution in [0.4, 0.5) is 0 Å². The van der Waals surface area contributed by atoms with Crippen LogP contribution in [0.5, 0.6) is 17.2 Å². The molecule has 2 N–H and O–H groups in total. The van der Waals surface area contributed by atoms with Crippen molar-refractivity contribution in [2.75, 3.05) is 13.7 Å². The molecule has 6 nitrogen and oxygen atoms in total. The summed E-state index contributed by atoms with van der Waals surface area (Å²) in [6.07, 6.45) is 1.46. The molecular weight excluding hydrogens is 352 g/mol. The van der Waals surface area contributed by atoms with Crippen LogP contribution in [0.25, 0.3) is 0 Å². The Kier molecular flexibility index (Phi) is 7.20. The number of esters is 1. The Labute approximate surface area is 154 Å². The third kappa shape index (κ3) is 6.87. The van der Waals surface area contributed by atoms with Gasteiger partial charge in [0.15, 0.2) is 0 Å². The predicted octanol–water partition coefficient (Wildman–Crippen LogP) is 3.13. The van der Waals surface area contributed by atoms with Crippen molar-refractivity contribution in [3.05, 3.63) is 54.1 Å². The van der Waals surface area contributed by atoms with Crippen LogP contribution >= 0.6 is 0 Å². The minimum atomic E-state index is -2.95. The van der Waals surface area contributed by atoms with Gasteiger partial charge in [0, 0.05) is 0 Å². The lowest BCUT2D eigenvalue weighted by molar-refractivity contribution is 0.0734. The predicted molar refractivity (Wildman–Crippen MR) is 100.0 cm³/mol. The number of hydrogen-bond acceptors (Lipinski definition) is 6. The summed E-state index contributed by atoms with van der Waals surface area (Å²) >= 11 is 0. The van der Waals surface area contributed by atoms with Crippen LogP contribution in [-0.4, -0.2) is 37.8 Å². The number of benzene rings is 2. The van der Waals surface area contributed by atoms with Crippen molar-refractivity contribution in [1.82, 2.24) is 0 Å². The fraction of sp³-hybridized carbons (Fsp3) is 0.316. The topological polar surface area (TPSA) is 85.2 Å². The lowest BCUT2D eigenvalue weighted by atomic mass is 10.2. The summed E-state index contributed by atoms with van der Waals surface area (Å²) in [7, 11) is -1.39. The maximum absolute atomic E-state index is 12.1. The molecule has 0 aromatic heterocycles. The van der Waals surface area contributed by atoms with E-state index < -0.39 is 14.5 Å². The molecule has 0 aliphatic rings. The normalized spacial score (nSPS) is 11.1. The molecule has 0 saturated carbocycles. The molecule has 0 saturated heterocycles. The highest BCUT2D eigenvalue weighted by Gasteiger charge is 2.19. The molecule has 0 atom stereocenters. The van der Waals surface area contributed by atoms with Crippen molar-refractivity contribution in [3.63, 3.8) is 0 Å². The highest BCUT2D eigenvalue weighted by Crippen LogP contribution is 2.20. The van der Waals surface area contributed by atoms with E-state index in [2.05, 4.69) is 0 Å². The second-order valence-corrected chi connectivity index (χ2v) is 9.05. The van der Waals surface area contributed by atoms with Gasteiger partial charge < -0.3 is 23.8 Å². The van der Waals surface area contributed by atoms with Gasteiger partial charge in [0.1, 0.15) is 17.2 Å². The molecule has 2 aromatic rings. The molecule has 2 aromatic carbocycles. The first kappa shape index (κ1) is 20.0. The molecule has 0 aliphatic carbocycles. The SMILES string of the molecule is COc1ccc(C(=O)Oc2ccc(OCCCC[Si](C)(O)O)cc2)cc1. The smallest absolute Gasteiger partial charge is 0.343 e. The fourth-order valence-electron chi connectivity index (χ4n) is 2.25. The van der Waals surface area contributed by atoms with Gasteiger partial charge in [-0.3, -0.25) is 0 Å². The Morgan fingerprint density at radius 3 is 2.08 bits per heavy atom. The number of rotatable bonds is 9. The van der Waals surface area contributed by atoms with Gasteiger partial charge in [-0.15, -0.1) is 0 Å². The van der Waals surface area contributed by atoms with E-state index in [-0.39, 0.29) is 0 Å². The molecule has 0 amide bonds. The van der Waals surface area contributed by atoms with Crippen molar-refractivity contribution in [2.24, 2.45) is 0 Å². The van der Waals surface area contributed by atoms with Crippen LogP contribution in [-0.2, 0) is 0 Å². The molecule has 0 spiro atoms. The zero-order chi connectivity index (χ0) is 19.0. The number of methoxy groups -OCH3 is 1. The van der Waals surface area contributed by atoms with Gasteiger partial charge >= 0.3 is 14.5 Å². The maximum Gasteiger partial charge on any atom is 0.343 e. The van der Waals surface area contributed by atoms with E-state index in [0.29, 0.717) is 41.9 Å². The molecule has 2 rings (SSSR count). The average Bonchev–Trinajstić information content (AvgIpc) is 2.62. The molecule has 0 radical (unpaired) electrons. The van der Waals surface area contributed by atoms with Crippen molar-refractivity contribution >= 4 is 14.5 Å². The fourth-order valence-corrected chi connectivity index (χ4v) is 3.17. The van der Waals surface area contributed by atoms with Crippen molar-refractivity contribution in [2.45, 2.75) is 25.4 Å². The summed E-state index contributed by atoms with van der Waals surface area (Å²) in [6.45, 7) is 2.00. The largest absolute Gasteiger partial charge is 0.497 e. The third-order valence-electron chi connectivity index (χ3n) is 3.67. The van der Waals surface area contributed by atoms with Crippen molar-refractivity contribution in [1.29, 1.82) is 0 Å². The number of carbonyl (C=O) groups excluding carboxylic acids is 1. The molecule has 0 fully saturated rings. The monoisotopic (exact) mass is 376 g/mol. The van der Waals surface area contributed by atoms with Crippen molar-refractivity contribution < 1.29 is 28.6 Å². The molecular formula is C19H24O6Si. The van der Waals surface area contributed by atoms with Gasteiger partial charge in [-0.25, -0.2) is 4.79 Å². The highest BCUT2D eigenvalue weighted by molar-refractivity contribution is 6.63. The Morgan fingerprint density at radius 2 is 1.50 bits per heavy atom. The second-order valence-electron chi connectivity index (χ2n) is 6.11. The van der Waals surface area contributed by atoms with Crippen LogP contribution in [0.2, 0.25) is 12.6 Å². The summed E-state index contributed by atoms with van der Waals surface area (Å²) in [5.41, 5.74) is 0.439. The first-order valence-electron chi connectivity index (χ1n) is 8.41. The van der Waals surface area contributed by atoms with E-state index in [1.807, 2.05) is 0 Å². The van der Waals surface area contributed by atoms with Crippen LogP contribution in [0, 0.1) is 0 Å². The standard InChI is InChI=1S/C19H24O6Si/c1-23-16-7-5-15(6-8-16)19(20)25-18-11-9-17(10-12-18)24-13-3-4-14-26(2,21)22/h5-12,21-22H,3-4,13-14H2,1-2H3. The van der Waals surface area contributed by atoms with E-state index in [1.54, 1.807) is 55.6 Å². The van der Waals surface area contributed by atoms with E-state index in [1.165, 1.54) is 6.55 Å². The van der Waals surface area contributed by atoms with Gasteiger partial charge in [-0.1, -0.05) is 0 Å². The van der Waals surface area contributed by atoms with Crippen LogP contribution in [0.15, 0.2) is 48.5 Å². The lowest BCUT2D eigenvalue weighted by Crippen LogP contribution is -2.29.